The molecule has 2 rings (SSSR count). The highest BCUT2D eigenvalue weighted by Crippen LogP contribution is 2.24. The fourth-order valence-corrected chi connectivity index (χ4v) is 2.29. The van der Waals surface area contributed by atoms with E-state index in [9.17, 15) is 5.11 Å². The second kappa shape index (κ2) is 5.94. The summed E-state index contributed by atoms with van der Waals surface area (Å²) in [5, 5.41) is 10.6. The predicted octanol–water partition coefficient (Wildman–Crippen LogP) is 4.31. The Balaban J connectivity index is 2.10. The number of aromatic nitrogens is 1. The lowest BCUT2D eigenvalue weighted by Gasteiger charge is -2.19. The first-order chi connectivity index (χ1) is 9.36. The number of hydrogen-bond acceptors (Lipinski definition) is 2. The van der Waals surface area contributed by atoms with E-state index in [0.29, 0.717) is 11.6 Å². The summed E-state index contributed by atoms with van der Waals surface area (Å²) < 4.78 is 0. The van der Waals surface area contributed by atoms with Crippen LogP contribution in [-0.2, 0) is 11.8 Å². The van der Waals surface area contributed by atoms with Gasteiger partial charge in [0.25, 0.3) is 0 Å². The molecule has 3 heteroatoms. The molecular formula is C17H20ClNO. The van der Waals surface area contributed by atoms with E-state index in [0.717, 1.165) is 11.1 Å². The van der Waals surface area contributed by atoms with Gasteiger partial charge in [-0.1, -0.05) is 56.6 Å². The van der Waals surface area contributed by atoms with Crippen LogP contribution in [0, 0.1) is 0 Å². The number of benzene rings is 1. The zero-order chi connectivity index (χ0) is 14.8. The van der Waals surface area contributed by atoms with Crippen molar-refractivity contribution in [3.05, 3.63) is 64.4 Å². The fourth-order valence-electron chi connectivity index (χ4n) is 2.11. The van der Waals surface area contributed by atoms with Gasteiger partial charge >= 0.3 is 0 Å². The third kappa shape index (κ3) is 3.81. The van der Waals surface area contributed by atoms with Gasteiger partial charge in [0.15, 0.2) is 0 Å². The Morgan fingerprint density at radius 1 is 1.15 bits per heavy atom. The van der Waals surface area contributed by atoms with Crippen LogP contribution in [0.5, 0.6) is 0 Å². The molecule has 0 spiro atoms. The minimum absolute atomic E-state index is 0.149. The molecule has 0 saturated heterocycles. The van der Waals surface area contributed by atoms with Crippen LogP contribution in [0.1, 0.15) is 43.6 Å². The van der Waals surface area contributed by atoms with Gasteiger partial charge < -0.3 is 5.11 Å². The van der Waals surface area contributed by atoms with Crippen LogP contribution >= 0.6 is 11.6 Å². The average molecular weight is 290 g/mol. The van der Waals surface area contributed by atoms with E-state index in [1.807, 2.05) is 0 Å². The van der Waals surface area contributed by atoms with Crippen molar-refractivity contribution < 1.29 is 5.11 Å². The molecule has 0 saturated carbocycles. The molecule has 1 aromatic carbocycles. The number of nitrogens with zero attached hydrogens (tertiary/aromatic N) is 1. The Kier molecular flexibility index (Phi) is 4.46. The molecule has 2 nitrogen and oxygen atoms in total. The van der Waals surface area contributed by atoms with Gasteiger partial charge in [0.2, 0.25) is 0 Å². The van der Waals surface area contributed by atoms with Crippen LogP contribution in [0.3, 0.4) is 0 Å². The third-order valence-electron chi connectivity index (χ3n) is 3.38. The SMILES string of the molecule is CC(C)(C)c1ccc(CC(O)c2ccnc(Cl)c2)cc1. The quantitative estimate of drug-likeness (QED) is 0.854. The largest absolute Gasteiger partial charge is 0.388 e. The van der Waals surface area contributed by atoms with E-state index in [-0.39, 0.29) is 5.41 Å². The van der Waals surface area contributed by atoms with Gasteiger partial charge in [-0.15, -0.1) is 0 Å². The minimum atomic E-state index is -0.559. The van der Waals surface area contributed by atoms with Gasteiger partial charge in [0, 0.05) is 12.6 Å². The summed E-state index contributed by atoms with van der Waals surface area (Å²) >= 11 is 5.84. The first-order valence-electron chi connectivity index (χ1n) is 6.75. The van der Waals surface area contributed by atoms with Gasteiger partial charge in [-0.3, -0.25) is 0 Å². The summed E-state index contributed by atoms with van der Waals surface area (Å²) in [4.78, 5) is 3.92. The lowest BCUT2D eigenvalue weighted by Crippen LogP contribution is -2.11. The molecule has 1 heterocycles. The van der Waals surface area contributed by atoms with Gasteiger partial charge in [-0.25, -0.2) is 4.98 Å². The Bertz CT molecular complexity index is 572. The normalized spacial score (nSPS) is 13.2. The number of pyridine rings is 1. The van der Waals surface area contributed by atoms with E-state index in [2.05, 4.69) is 50.0 Å². The monoisotopic (exact) mass is 289 g/mol. The third-order valence-corrected chi connectivity index (χ3v) is 3.59. The summed E-state index contributed by atoms with van der Waals surface area (Å²) in [5.41, 5.74) is 3.35. The molecule has 0 fully saturated rings. The van der Waals surface area contributed by atoms with Crippen molar-refractivity contribution in [3.8, 4) is 0 Å². The summed E-state index contributed by atoms with van der Waals surface area (Å²) in [5.74, 6) is 0. The summed E-state index contributed by atoms with van der Waals surface area (Å²) in [7, 11) is 0. The molecule has 1 N–H and O–H groups in total. The van der Waals surface area contributed by atoms with Crippen LogP contribution in [0.15, 0.2) is 42.6 Å². The number of aliphatic hydroxyl groups excluding tert-OH is 1. The molecule has 0 aliphatic heterocycles. The predicted molar refractivity (Wildman–Crippen MR) is 83.1 cm³/mol. The number of halogens is 1. The van der Waals surface area contributed by atoms with Crippen LogP contribution in [0.4, 0.5) is 0 Å². The molecule has 1 atom stereocenters. The zero-order valence-corrected chi connectivity index (χ0v) is 12.9. The standard InChI is InChI=1S/C17H20ClNO/c1-17(2,3)14-6-4-12(5-7-14)10-15(20)13-8-9-19-16(18)11-13/h4-9,11,15,20H,10H2,1-3H3. The second-order valence-electron chi connectivity index (χ2n) is 6.08. The topological polar surface area (TPSA) is 33.1 Å². The zero-order valence-electron chi connectivity index (χ0n) is 12.1. The van der Waals surface area contributed by atoms with Gasteiger partial charge in [-0.2, -0.15) is 0 Å². The molecule has 0 radical (unpaired) electrons. The molecule has 0 aliphatic rings. The highest BCUT2D eigenvalue weighted by atomic mass is 35.5. The van der Waals surface area contributed by atoms with E-state index in [4.69, 9.17) is 11.6 Å². The van der Waals surface area contributed by atoms with Crippen LogP contribution in [-0.4, -0.2) is 10.1 Å². The molecule has 106 valence electrons. The van der Waals surface area contributed by atoms with Crippen LogP contribution in [0.2, 0.25) is 5.15 Å². The van der Waals surface area contributed by atoms with Crippen molar-refractivity contribution in [1.29, 1.82) is 0 Å². The Hall–Kier alpha value is -1.38. The summed E-state index contributed by atoms with van der Waals surface area (Å²) in [6.07, 6.45) is 1.63. The Morgan fingerprint density at radius 2 is 1.80 bits per heavy atom. The Labute approximate surface area is 125 Å². The lowest BCUT2D eigenvalue weighted by atomic mass is 9.86. The fraction of sp³-hybridized carbons (Fsp3) is 0.353. The molecule has 1 aromatic heterocycles. The number of aliphatic hydroxyl groups is 1. The molecule has 0 amide bonds. The molecule has 20 heavy (non-hydrogen) atoms. The average Bonchev–Trinajstić information content (AvgIpc) is 2.38. The first-order valence-corrected chi connectivity index (χ1v) is 7.13. The maximum absolute atomic E-state index is 10.2. The van der Waals surface area contributed by atoms with E-state index >= 15 is 0 Å². The van der Waals surface area contributed by atoms with Gasteiger partial charge in [0.1, 0.15) is 5.15 Å². The summed E-state index contributed by atoms with van der Waals surface area (Å²) in [6, 6.07) is 11.9. The van der Waals surface area contributed by atoms with Crippen molar-refractivity contribution in [2.75, 3.05) is 0 Å². The van der Waals surface area contributed by atoms with Crippen LogP contribution in [0.25, 0.3) is 0 Å². The van der Waals surface area contributed by atoms with Crippen LogP contribution < -0.4 is 0 Å². The molecule has 2 aromatic rings. The van der Waals surface area contributed by atoms with E-state index in [1.54, 1.807) is 18.3 Å². The molecule has 0 bridgehead atoms. The maximum atomic E-state index is 10.2. The van der Waals surface area contributed by atoms with E-state index < -0.39 is 6.10 Å². The number of rotatable bonds is 3. The molecular weight excluding hydrogens is 270 g/mol. The molecule has 0 aliphatic carbocycles. The lowest BCUT2D eigenvalue weighted by molar-refractivity contribution is 0.178. The molecule has 1 unspecified atom stereocenters. The highest BCUT2D eigenvalue weighted by Gasteiger charge is 2.14. The maximum Gasteiger partial charge on any atom is 0.129 e. The smallest absolute Gasteiger partial charge is 0.129 e. The van der Waals surface area contributed by atoms with Gasteiger partial charge in [-0.05, 0) is 34.2 Å². The van der Waals surface area contributed by atoms with Crippen molar-refractivity contribution in [1.82, 2.24) is 4.98 Å². The highest BCUT2D eigenvalue weighted by molar-refractivity contribution is 6.29. The van der Waals surface area contributed by atoms with E-state index in [1.165, 1.54) is 5.56 Å². The van der Waals surface area contributed by atoms with Crippen molar-refractivity contribution in [2.45, 2.75) is 38.7 Å². The van der Waals surface area contributed by atoms with Gasteiger partial charge in [0.05, 0.1) is 6.10 Å². The van der Waals surface area contributed by atoms with Crippen molar-refractivity contribution in [3.63, 3.8) is 0 Å². The minimum Gasteiger partial charge on any atom is -0.388 e. The summed E-state index contributed by atoms with van der Waals surface area (Å²) in [6.45, 7) is 6.57. The second-order valence-corrected chi connectivity index (χ2v) is 6.47. The first kappa shape index (κ1) is 15.0. The van der Waals surface area contributed by atoms with Crippen molar-refractivity contribution >= 4 is 11.6 Å². The number of hydrogen-bond donors (Lipinski definition) is 1. The Morgan fingerprint density at radius 3 is 2.35 bits per heavy atom. The van der Waals surface area contributed by atoms with Crippen molar-refractivity contribution in [2.24, 2.45) is 0 Å².